The van der Waals surface area contributed by atoms with Crippen molar-refractivity contribution in [3.8, 4) is 11.5 Å². The fraction of sp³-hybridized carbons (Fsp3) is 0.708. The van der Waals surface area contributed by atoms with Gasteiger partial charge in [-0.3, -0.25) is 9.89 Å². The van der Waals surface area contributed by atoms with E-state index in [0.717, 1.165) is 95.0 Å². The van der Waals surface area contributed by atoms with Crippen LogP contribution in [0, 0.1) is 5.92 Å². The number of nitrogens with one attached hydrogen (secondary N) is 2. The van der Waals surface area contributed by atoms with Gasteiger partial charge < -0.3 is 29.6 Å². The van der Waals surface area contributed by atoms with E-state index >= 15 is 0 Å². The molecule has 0 aliphatic carbocycles. The molecule has 2 aliphatic rings. The fourth-order valence-electron chi connectivity index (χ4n) is 3.53. The summed E-state index contributed by atoms with van der Waals surface area (Å²) in [5.41, 5.74) is 0.935. The van der Waals surface area contributed by atoms with Gasteiger partial charge in [0.15, 0.2) is 17.5 Å². The van der Waals surface area contributed by atoms with Crippen molar-refractivity contribution in [2.24, 2.45) is 10.9 Å². The van der Waals surface area contributed by atoms with E-state index in [0.29, 0.717) is 25.7 Å². The summed E-state index contributed by atoms with van der Waals surface area (Å²) < 4.78 is 22.7. The largest absolute Gasteiger partial charge is 0.490 e. The molecular formula is C24H40N4O4. The van der Waals surface area contributed by atoms with Crippen LogP contribution < -0.4 is 20.1 Å². The summed E-state index contributed by atoms with van der Waals surface area (Å²) in [6.07, 6.45) is 2.85. The van der Waals surface area contributed by atoms with Gasteiger partial charge in [0.05, 0.1) is 26.4 Å². The van der Waals surface area contributed by atoms with Gasteiger partial charge in [-0.2, -0.15) is 0 Å². The molecule has 0 radical (unpaired) electrons. The van der Waals surface area contributed by atoms with Crippen LogP contribution in [0.2, 0.25) is 0 Å². The van der Waals surface area contributed by atoms with E-state index in [-0.39, 0.29) is 0 Å². The lowest BCUT2D eigenvalue weighted by Crippen LogP contribution is -2.39. The Balaban J connectivity index is 1.50. The molecule has 0 spiro atoms. The van der Waals surface area contributed by atoms with Gasteiger partial charge in [-0.05, 0) is 37.4 Å². The molecule has 1 aromatic rings. The summed E-state index contributed by atoms with van der Waals surface area (Å²) in [5.74, 6) is 2.92. The number of nitrogens with zero attached hydrogens (tertiary/aromatic N) is 2. The molecule has 180 valence electrons. The minimum absolute atomic E-state index is 0.559. The van der Waals surface area contributed by atoms with Gasteiger partial charge in [-0.1, -0.05) is 13.8 Å². The van der Waals surface area contributed by atoms with Gasteiger partial charge in [-0.25, -0.2) is 0 Å². The summed E-state index contributed by atoms with van der Waals surface area (Å²) in [6, 6.07) is 5.94. The molecule has 1 saturated heterocycles. The Bertz CT molecular complexity index is 693. The van der Waals surface area contributed by atoms with E-state index in [9.17, 15) is 0 Å². The third-order valence-corrected chi connectivity index (χ3v) is 5.23. The Morgan fingerprint density at radius 2 is 1.91 bits per heavy atom. The van der Waals surface area contributed by atoms with Crippen LogP contribution in [0.15, 0.2) is 23.2 Å². The third kappa shape index (κ3) is 9.22. The zero-order valence-electron chi connectivity index (χ0n) is 19.7. The van der Waals surface area contributed by atoms with Gasteiger partial charge in [0.2, 0.25) is 0 Å². The number of fused-ring (bicyclic) bond motifs is 1. The SMILES string of the molecule is CC(C)COCCCN=C(NCCCN1CCOCC1)Nc1ccc2c(c1)OCCCO2. The third-order valence-electron chi connectivity index (χ3n) is 5.23. The van der Waals surface area contributed by atoms with Crippen LogP contribution in [0.5, 0.6) is 11.5 Å². The number of ether oxygens (including phenoxy) is 4. The molecule has 2 heterocycles. The van der Waals surface area contributed by atoms with Crippen molar-refractivity contribution in [2.45, 2.75) is 33.1 Å². The van der Waals surface area contributed by atoms with Crippen LogP contribution in [0.3, 0.4) is 0 Å². The van der Waals surface area contributed by atoms with Crippen molar-refractivity contribution in [2.75, 3.05) is 77.7 Å². The maximum Gasteiger partial charge on any atom is 0.195 e. The van der Waals surface area contributed by atoms with Crippen LogP contribution in [0.25, 0.3) is 0 Å². The Morgan fingerprint density at radius 1 is 1.09 bits per heavy atom. The van der Waals surface area contributed by atoms with E-state index in [4.69, 9.17) is 23.9 Å². The number of aliphatic imine (C=N–C) groups is 1. The molecule has 2 aliphatic heterocycles. The van der Waals surface area contributed by atoms with Crippen LogP contribution in [0.1, 0.15) is 33.1 Å². The predicted octanol–water partition coefficient (Wildman–Crippen LogP) is 2.99. The first-order valence-electron chi connectivity index (χ1n) is 12.0. The van der Waals surface area contributed by atoms with E-state index in [2.05, 4.69) is 29.4 Å². The molecule has 3 rings (SSSR count). The second-order valence-corrected chi connectivity index (χ2v) is 8.62. The van der Waals surface area contributed by atoms with Crippen LogP contribution >= 0.6 is 0 Å². The molecule has 2 N–H and O–H groups in total. The van der Waals surface area contributed by atoms with Crippen LogP contribution in [-0.2, 0) is 9.47 Å². The van der Waals surface area contributed by atoms with Gasteiger partial charge >= 0.3 is 0 Å². The van der Waals surface area contributed by atoms with Gasteiger partial charge in [0, 0.05) is 57.6 Å². The minimum Gasteiger partial charge on any atom is -0.490 e. The molecule has 1 aromatic carbocycles. The number of anilines is 1. The van der Waals surface area contributed by atoms with Crippen molar-refractivity contribution in [1.29, 1.82) is 0 Å². The standard InChI is InChI=1S/C24H40N4O4/c1-20(2)19-30-13-4-9-26-24(25-8-3-10-28-11-16-29-17-12-28)27-21-6-7-22-23(18-21)32-15-5-14-31-22/h6-7,18,20H,3-5,8-17,19H2,1-2H3,(H2,25,26,27). The van der Waals surface area contributed by atoms with E-state index < -0.39 is 0 Å². The summed E-state index contributed by atoms with van der Waals surface area (Å²) in [5, 5.41) is 6.90. The highest BCUT2D eigenvalue weighted by Crippen LogP contribution is 2.32. The zero-order chi connectivity index (χ0) is 22.4. The average Bonchev–Trinajstić information content (AvgIpc) is 3.04. The molecule has 1 fully saturated rings. The topological polar surface area (TPSA) is 76.6 Å². The van der Waals surface area contributed by atoms with Crippen LogP contribution in [0.4, 0.5) is 5.69 Å². The number of guanidine groups is 1. The van der Waals surface area contributed by atoms with E-state index in [1.54, 1.807) is 0 Å². The number of benzene rings is 1. The Morgan fingerprint density at radius 3 is 2.72 bits per heavy atom. The number of rotatable bonds is 11. The lowest BCUT2D eigenvalue weighted by atomic mass is 10.2. The maximum atomic E-state index is 5.82. The van der Waals surface area contributed by atoms with E-state index in [1.807, 2.05) is 18.2 Å². The maximum absolute atomic E-state index is 5.82. The molecule has 0 atom stereocenters. The highest BCUT2D eigenvalue weighted by Gasteiger charge is 2.12. The highest BCUT2D eigenvalue weighted by atomic mass is 16.5. The Hall–Kier alpha value is -2.03. The zero-order valence-corrected chi connectivity index (χ0v) is 19.7. The lowest BCUT2D eigenvalue weighted by molar-refractivity contribution is 0.0376. The van der Waals surface area contributed by atoms with Gasteiger partial charge in [0.1, 0.15) is 0 Å². The predicted molar refractivity (Wildman–Crippen MR) is 128 cm³/mol. The normalized spacial score (nSPS) is 17.3. The van der Waals surface area contributed by atoms with Crippen molar-refractivity contribution in [3.63, 3.8) is 0 Å². The van der Waals surface area contributed by atoms with Crippen molar-refractivity contribution < 1.29 is 18.9 Å². The average molecular weight is 449 g/mol. The molecular weight excluding hydrogens is 408 g/mol. The highest BCUT2D eigenvalue weighted by molar-refractivity contribution is 5.93. The van der Waals surface area contributed by atoms with Crippen molar-refractivity contribution in [3.05, 3.63) is 18.2 Å². The lowest BCUT2D eigenvalue weighted by Gasteiger charge is -2.26. The number of morpholine rings is 1. The molecule has 8 nitrogen and oxygen atoms in total. The first kappa shape index (κ1) is 24.6. The van der Waals surface area contributed by atoms with Crippen molar-refractivity contribution >= 4 is 11.6 Å². The molecule has 8 heteroatoms. The first-order chi connectivity index (χ1) is 15.7. The molecule has 0 saturated carbocycles. The van der Waals surface area contributed by atoms with Crippen LogP contribution in [-0.4, -0.2) is 83.2 Å². The molecule has 0 bridgehead atoms. The molecule has 0 aromatic heterocycles. The Labute approximate surface area is 192 Å². The van der Waals surface area contributed by atoms with Gasteiger partial charge in [-0.15, -0.1) is 0 Å². The second-order valence-electron chi connectivity index (χ2n) is 8.62. The summed E-state index contributed by atoms with van der Waals surface area (Å²) in [6.45, 7) is 13.6. The van der Waals surface area contributed by atoms with E-state index in [1.165, 1.54) is 0 Å². The fourth-order valence-corrected chi connectivity index (χ4v) is 3.53. The summed E-state index contributed by atoms with van der Waals surface area (Å²) >= 11 is 0. The number of hydrogen-bond donors (Lipinski definition) is 2. The second kappa shape index (κ2) is 14.2. The summed E-state index contributed by atoms with van der Waals surface area (Å²) in [4.78, 5) is 7.21. The minimum atomic E-state index is 0.559. The quantitative estimate of drug-likeness (QED) is 0.306. The first-order valence-corrected chi connectivity index (χ1v) is 12.0. The Kier molecular flexibility index (Phi) is 10.9. The molecule has 0 amide bonds. The smallest absolute Gasteiger partial charge is 0.195 e. The summed E-state index contributed by atoms with van der Waals surface area (Å²) in [7, 11) is 0. The number of hydrogen-bond acceptors (Lipinski definition) is 6. The molecule has 32 heavy (non-hydrogen) atoms. The van der Waals surface area contributed by atoms with Gasteiger partial charge in [0.25, 0.3) is 0 Å². The monoisotopic (exact) mass is 448 g/mol. The molecule has 0 unspecified atom stereocenters. The van der Waals surface area contributed by atoms with Crippen molar-refractivity contribution in [1.82, 2.24) is 10.2 Å².